The molecule has 28 heavy (non-hydrogen) atoms. The van der Waals surface area contributed by atoms with Crippen molar-refractivity contribution in [3.63, 3.8) is 0 Å². The second-order valence-corrected chi connectivity index (χ2v) is 7.17. The Morgan fingerprint density at radius 1 is 1.00 bits per heavy atom. The van der Waals surface area contributed by atoms with E-state index in [9.17, 15) is 4.79 Å². The Morgan fingerprint density at radius 2 is 1.64 bits per heavy atom. The number of nitrogens with zero attached hydrogens (tertiary/aromatic N) is 1. The van der Waals surface area contributed by atoms with Gasteiger partial charge in [-0.1, -0.05) is 41.4 Å². The molecule has 1 amide bonds. The Kier molecular flexibility index (Phi) is 8.74. The van der Waals surface area contributed by atoms with E-state index in [0.29, 0.717) is 37.6 Å². The zero-order chi connectivity index (χ0) is 20.5. The van der Waals surface area contributed by atoms with E-state index in [-0.39, 0.29) is 5.91 Å². The fraction of sp³-hybridized carbons (Fsp3) is 0.381. The van der Waals surface area contributed by atoms with Crippen LogP contribution in [0.5, 0.6) is 17.2 Å². The van der Waals surface area contributed by atoms with Crippen LogP contribution in [-0.2, 0) is 17.8 Å². The number of rotatable bonds is 10. The number of amides is 1. The molecule has 0 saturated heterocycles. The largest absolute Gasteiger partial charge is 0.494 e. The van der Waals surface area contributed by atoms with Crippen LogP contribution in [0, 0.1) is 0 Å². The average molecular weight is 426 g/mol. The van der Waals surface area contributed by atoms with Gasteiger partial charge in [0.2, 0.25) is 0 Å². The first kappa shape index (κ1) is 22.2. The third-order valence-corrected chi connectivity index (χ3v) is 4.60. The second-order valence-electron chi connectivity index (χ2n) is 6.08. The van der Waals surface area contributed by atoms with E-state index in [2.05, 4.69) is 0 Å². The molecule has 0 spiro atoms. The summed E-state index contributed by atoms with van der Waals surface area (Å²) in [6, 6.07) is 13.3. The Labute approximate surface area is 176 Å². The minimum atomic E-state index is -1.10. The molecule has 0 atom stereocenters. The molecule has 0 fully saturated rings. The quantitative estimate of drug-likeness (QED) is 0.526. The van der Waals surface area contributed by atoms with Gasteiger partial charge in [0.25, 0.3) is 5.91 Å². The second kappa shape index (κ2) is 11.0. The van der Waals surface area contributed by atoms with Gasteiger partial charge in [0.05, 0.1) is 20.8 Å². The van der Waals surface area contributed by atoms with Crippen molar-refractivity contribution in [1.29, 1.82) is 0 Å². The Morgan fingerprint density at radius 3 is 2.21 bits per heavy atom. The maximum absolute atomic E-state index is 12.5. The highest BCUT2D eigenvalue weighted by Crippen LogP contribution is 2.28. The summed E-state index contributed by atoms with van der Waals surface area (Å²) < 4.78 is 16.0. The number of methoxy groups -OCH3 is 2. The molecular formula is C21H25Cl2NO4. The molecule has 0 unspecified atom stereocenters. The van der Waals surface area contributed by atoms with Gasteiger partial charge in [-0.2, -0.15) is 0 Å². The van der Waals surface area contributed by atoms with Crippen molar-refractivity contribution in [1.82, 2.24) is 4.90 Å². The minimum Gasteiger partial charge on any atom is -0.494 e. The zero-order valence-corrected chi connectivity index (χ0v) is 17.8. The third-order valence-electron chi connectivity index (χ3n) is 4.22. The van der Waals surface area contributed by atoms with E-state index >= 15 is 0 Å². The number of benzene rings is 2. The molecule has 0 aromatic heterocycles. The van der Waals surface area contributed by atoms with Gasteiger partial charge in [-0.15, -0.1) is 0 Å². The van der Waals surface area contributed by atoms with Crippen molar-refractivity contribution in [3.05, 3.63) is 53.6 Å². The van der Waals surface area contributed by atoms with E-state index in [1.807, 2.05) is 49.4 Å². The van der Waals surface area contributed by atoms with Gasteiger partial charge in [-0.25, -0.2) is 0 Å². The summed E-state index contributed by atoms with van der Waals surface area (Å²) in [6.07, 6.45) is 0.629. The molecule has 2 aromatic carbocycles. The predicted molar refractivity (Wildman–Crippen MR) is 112 cm³/mol. The summed E-state index contributed by atoms with van der Waals surface area (Å²) >= 11 is 11.7. The summed E-state index contributed by atoms with van der Waals surface area (Å²) in [7, 11) is 3.19. The molecule has 0 N–H and O–H groups in total. The van der Waals surface area contributed by atoms with Gasteiger partial charge in [0, 0.05) is 13.1 Å². The highest BCUT2D eigenvalue weighted by molar-refractivity contribution is 6.53. The van der Waals surface area contributed by atoms with Crippen LogP contribution >= 0.6 is 23.2 Å². The Bertz CT molecular complexity index is 766. The summed E-state index contributed by atoms with van der Waals surface area (Å²) in [6.45, 7) is 3.42. The zero-order valence-electron chi connectivity index (χ0n) is 16.3. The first-order valence-corrected chi connectivity index (χ1v) is 9.85. The van der Waals surface area contributed by atoms with Crippen LogP contribution < -0.4 is 14.2 Å². The minimum absolute atomic E-state index is 0.322. The molecule has 0 radical (unpaired) electrons. The number of hydrogen-bond donors (Lipinski definition) is 0. The first-order chi connectivity index (χ1) is 13.5. The molecule has 0 bridgehead atoms. The van der Waals surface area contributed by atoms with Gasteiger partial charge in [-0.3, -0.25) is 4.79 Å². The average Bonchev–Trinajstić information content (AvgIpc) is 2.71. The Balaban J connectivity index is 2.10. The van der Waals surface area contributed by atoms with E-state index in [4.69, 9.17) is 37.4 Å². The molecule has 0 heterocycles. The lowest BCUT2D eigenvalue weighted by Crippen LogP contribution is -2.36. The fourth-order valence-corrected chi connectivity index (χ4v) is 3.06. The summed E-state index contributed by atoms with van der Waals surface area (Å²) in [5.74, 6) is 1.78. The number of halogens is 2. The monoisotopic (exact) mass is 425 g/mol. The van der Waals surface area contributed by atoms with E-state index in [1.165, 1.54) is 0 Å². The van der Waals surface area contributed by atoms with Crippen LogP contribution in [-0.4, -0.2) is 43.0 Å². The highest BCUT2D eigenvalue weighted by Gasteiger charge is 2.20. The van der Waals surface area contributed by atoms with Crippen molar-refractivity contribution < 1.29 is 19.0 Å². The fourth-order valence-electron chi connectivity index (χ4n) is 2.78. The molecule has 2 aromatic rings. The molecule has 0 aliphatic heterocycles. The van der Waals surface area contributed by atoms with Crippen molar-refractivity contribution in [2.45, 2.75) is 24.7 Å². The molecular weight excluding hydrogens is 401 g/mol. The van der Waals surface area contributed by atoms with Crippen molar-refractivity contribution in [2.75, 3.05) is 27.4 Å². The van der Waals surface area contributed by atoms with E-state index in [1.54, 1.807) is 19.1 Å². The van der Waals surface area contributed by atoms with E-state index in [0.717, 1.165) is 16.9 Å². The standard InChI is InChI=1S/C21H25Cl2NO4/c1-4-28-17-8-5-16(6-9-17)14-24(21(25)20(22)23)12-11-15-7-10-18(26-2)19(13-15)27-3/h5-10,13,20H,4,11-12,14H2,1-3H3. The topological polar surface area (TPSA) is 48.0 Å². The lowest BCUT2D eigenvalue weighted by Gasteiger charge is -2.24. The van der Waals surface area contributed by atoms with Crippen LogP contribution in [0.3, 0.4) is 0 Å². The maximum Gasteiger partial charge on any atom is 0.256 e. The van der Waals surface area contributed by atoms with Gasteiger partial charge < -0.3 is 19.1 Å². The number of carbonyl (C=O) groups is 1. The molecule has 0 aliphatic rings. The SMILES string of the molecule is CCOc1ccc(CN(CCc2ccc(OC)c(OC)c2)C(=O)C(Cl)Cl)cc1. The van der Waals surface area contributed by atoms with Gasteiger partial charge >= 0.3 is 0 Å². The first-order valence-electron chi connectivity index (χ1n) is 8.98. The van der Waals surface area contributed by atoms with Gasteiger partial charge in [-0.05, 0) is 48.7 Å². The number of carbonyl (C=O) groups excluding carboxylic acids is 1. The maximum atomic E-state index is 12.5. The smallest absolute Gasteiger partial charge is 0.256 e. The van der Waals surface area contributed by atoms with Crippen LogP contribution in [0.2, 0.25) is 0 Å². The van der Waals surface area contributed by atoms with Crippen molar-refractivity contribution in [3.8, 4) is 17.2 Å². The molecule has 7 heteroatoms. The van der Waals surface area contributed by atoms with Crippen molar-refractivity contribution in [2.24, 2.45) is 0 Å². The molecule has 2 rings (SSSR count). The number of hydrogen-bond acceptors (Lipinski definition) is 4. The lowest BCUT2D eigenvalue weighted by atomic mass is 10.1. The van der Waals surface area contributed by atoms with Crippen LogP contribution in [0.4, 0.5) is 0 Å². The normalized spacial score (nSPS) is 10.6. The number of ether oxygens (including phenoxy) is 3. The lowest BCUT2D eigenvalue weighted by molar-refractivity contribution is -0.129. The molecule has 0 saturated carbocycles. The van der Waals surface area contributed by atoms with Crippen LogP contribution in [0.15, 0.2) is 42.5 Å². The summed E-state index contributed by atoms with van der Waals surface area (Å²) in [5, 5.41) is 0. The highest BCUT2D eigenvalue weighted by atomic mass is 35.5. The van der Waals surface area contributed by atoms with Crippen LogP contribution in [0.25, 0.3) is 0 Å². The third kappa shape index (κ3) is 6.21. The molecule has 152 valence electrons. The number of alkyl halides is 2. The summed E-state index contributed by atoms with van der Waals surface area (Å²) in [5.41, 5.74) is 1.99. The van der Waals surface area contributed by atoms with Gasteiger partial charge in [0.1, 0.15) is 5.75 Å². The molecule has 0 aliphatic carbocycles. The molecule has 5 nitrogen and oxygen atoms in total. The Hall–Kier alpha value is -2.11. The predicted octanol–water partition coefficient (Wildman–Crippen LogP) is 4.48. The van der Waals surface area contributed by atoms with Gasteiger partial charge in [0.15, 0.2) is 16.3 Å². The van der Waals surface area contributed by atoms with Crippen LogP contribution in [0.1, 0.15) is 18.1 Å². The van der Waals surface area contributed by atoms with Crippen molar-refractivity contribution >= 4 is 29.1 Å². The van der Waals surface area contributed by atoms with E-state index < -0.39 is 4.84 Å². The summed E-state index contributed by atoms with van der Waals surface area (Å²) in [4.78, 5) is 13.0.